The van der Waals surface area contributed by atoms with E-state index < -0.39 is 0 Å². The van der Waals surface area contributed by atoms with Crippen LogP contribution < -0.4 is 10.2 Å². The monoisotopic (exact) mass is 314 g/mol. The van der Waals surface area contributed by atoms with Gasteiger partial charge in [0.1, 0.15) is 0 Å². The molecular weight excluding hydrogens is 296 g/mol. The molecule has 0 unspecified atom stereocenters. The summed E-state index contributed by atoms with van der Waals surface area (Å²) in [6.07, 6.45) is 5.54. The molecule has 4 rings (SSSR count). The van der Waals surface area contributed by atoms with Crippen LogP contribution in [0.2, 0.25) is 0 Å². The maximum atomic E-state index is 12.2. The molecule has 120 valence electrons. The van der Waals surface area contributed by atoms with Gasteiger partial charge in [-0.1, -0.05) is 0 Å². The molecule has 1 saturated carbocycles. The average molecular weight is 314 g/mol. The maximum Gasteiger partial charge on any atom is 0.289 e. The summed E-state index contributed by atoms with van der Waals surface area (Å²) in [7, 11) is 0. The molecule has 1 saturated heterocycles. The van der Waals surface area contributed by atoms with Crippen LogP contribution in [0.3, 0.4) is 0 Å². The molecule has 1 N–H and O–H groups in total. The second kappa shape index (κ2) is 5.86. The molecule has 8 heteroatoms. The van der Waals surface area contributed by atoms with Gasteiger partial charge in [-0.15, -0.1) is 5.10 Å². The third-order valence-corrected chi connectivity index (χ3v) is 4.06. The zero-order valence-corrected chi connectivity index (χ0v) is 12.7. The van der Waals surface area contributed by atoms with Crippen molar-refractivity contribution in [3.63, 3.8) is 0 Å². The van der Waals surface area contributed by atoms with E-state index in [1.165, 1.54) is 19.1 Å². The summed E-state index contributed by atoms with van der Waals surface area (Å²) in [6, 6.07) is 3.94. The Hall–Kier alpha value is -2.64. The Morgan fingerprint density at radius 2 is 2.09 bits per heavy atom. The van der Waals surface area contributed by atoms with Crippen LogP contribution in [-0.4, -0.2) is 58.2 Å². The second-order valence-corrected chi connectivity index (χ2v) is 5.82. The van der Waals surface area contributed by atoms with Crippen molar-refractivity contribution in [1.29, 1.82) is 0 Å². The van der Waals surface area contributed by atoms with Gasteiger partial charge in [0.25, 0.3) is 5.91 Å². The number of anilines is 2. The van der Waals surface area contributed by atoms with Gasteiger partial charge in [0, 0.05) is 32.2 Å². The predicted molar refractivity (Wildman–Crippen MR) is 83.3 cm³/mol. The number of nitrogens with zero attached hydrogens (tertiary/aromatic N) is 5. The molecular formula is C15H18N6O2. The highest BCUT2D eigenvalue weighted by atomic mass is 16.3. The van der Waals surface area contributed by atoms with E-state index in [4.69, 9.17) is 4.42 Å². The summed E-state index contributed by atoms with van der Waals surface area (Å²) in [5.41, 5.74) is 0. The minimum atomic E-state index is -0.0714. The van der Waals surface area contributed by atoms with Gasteiger partial charge < -0.3 is 19.5 Å². The fraction of sp³-hybridized carbons (Fsp3) is 0.467. The average Bonchev–Trinajstić information content (AvgIpc) is 3.24. The summed E-state index contributed by atoms with van der Waals surface area (Å²) < 4.78 is 5.17. The first-order valence-corrected chi connectivity index (χ1v) is 7.83. The molecule has 2 aromatic rings. The number of hydrogen-bond donors (Lipinski definition) is 1. The van der Waals surface area contributed by atoms with E-state index >= 15 is 0 Å². The SMILES string of the molecule is O=C(c1ccco1)N1CCN(c2nncc(NC3CC3)n2)CC1. The van der Waals surface area contributed by atoms with Gasteiger partial charge in [-0.2, -0.15) is 10.1 Å². The van der Waals surface area contributed by atoms with Crippen molar-refractivity contribution in [2.45, 2.75) is 18.9 Å². The first kappa shape index (κ1) is 14.0. The zero-order valence-electron chi connectivity index (χ0n) is 12.7. The molecule has 1 aliphatic carbocycles. The molecule has 1 aliphatic heterocycles. The number of carbonyl (C=O) groups is 1. The van der Waals surface area contributed by atoms with Crippen LogP contribution >= 0.6 is 0 Å². The minimum absolute atomic E-state index is 0.0714. The van der Waals surface area contributed by atoms with E-state index in [0.29, 0.717) is 43.9 Å². The van der Waals surface area contributed by atoms with Crippen LogP contribution in [0.4, 0.5) is 11.8 Å². The van der Waals surface area contributed by atoms with Crippen molar-refractivity contribution < 1.29 is 9.21 Å². The largest absolute Gasteiger partial charge is 0.459 e. The maximum absolute atomic E-state index is 12.2. The fourth-order valence-electron chi connectivity index (χ4n) is 2.60. The van der Waals surface area contributed by atoms with Crippen molar-refractivity contribution in [3.05, 3.63) is 30.4 Å². The van der Waals surface area contributed by atoms with Crippen LogP contribution in [0.25, 0.3) is 0 Å². The Bertz CT molecular complexity index is 677. The van der Waals surface area contributed by atoms with Gasteiger partial charge in [0.15, 0.2) is 11.6 Å². The van der Waals surface area contributed by atoms with Gasteiger partial charge in [-0.05, 0) is 25.0 Å². The Balaban J connectivity index is 1.38. The van der Waals surface area contributed by atoms with Gasteiger partial charge in [0.05, 0.1) is 12.5 Å². The van der Waals surface area contributed by atoms with E-state index in [2.05, 4.69) is 25.4 Å². The van der Waals surface area contributed by atoms with Crippen LogP contribution in [0.15, 0.2) is 29.0 Å². The number of nitrogens with one attached hydrogen (secondary N) is 1. The highest BCUT2D eigenvalue weighted by Gasteiger charge is 2.26. The number of aromatic nitrogens is 3. The minimum Gasteiger partial charge on any atom is -0.459 e. The topological polar surface area (TPSA) is 87.4 Å². The molecule has 8 nitrogen and oxygen atoms in total. The van der Waals surface area contributed by atoms with Gasteiger partial charge in [0.2, 0.25) is 5.95 Å². The summed E-state index contributed by atoms with van der Waals surface area (Å²) >= 11 is 0. The van der Waals surface area contributed by atoms with E-state index in [9.17, 15) is 4.79 Å². The third-order valence-electron chi connectivity index (χ3n) is 4.06. The fourth-order valence-corrected chi connectivity index (χ4v) is 2.60. The number of piperazine rings is 1. The zero-order chi connectivity index (χ0) is 15.6. The molecule has 1 amide bonds. The van der Waals surface area contributed by atoms with Gasteiger partial charge >= 0.3 is 0 Å². The van der Waals surface area contributed by atoms with Crippen LogP contribution in [0.5, 0.6) is 0 Å². The van der Waals surface area contributed by atoms with E-state index in [-0.39, 0.29) is 5.91 Å². The van der Waals surface area contributed by atoms with E-state index in [1.54, 1.807) is 23.2 Å². The lowest BCUT2D eigenvalue weighted by Crippen LogP contribution is -2.49. The normalized spacial score (nSPS) is 18.1. The van der Waals surface area contributed by atoms with Crippen LogP contribution in [0.1, 0.15) is 23.4 Å². The second-order valence-electron chi connectivity index (χ2n) is 5.82. The van der Waals surface area contributed by atoms with Crippen molar-refractivity contribution in [2.75, 3.05) is 36.4 Å². The molecule has 2 aromatic heterocycles. The third kappa shape index (κ3) is 3.10. The number of amides is 1. The number of carbonyl (C=O) groups excluding carboxylic acids is 1. The highest BCUT2D eigenvalue weighted by molar-refractivity contribution is 5.91. The first-order valence-electron chi connectivity index (χ1n) is 7.83. The van der Waals surface area contributed by atoms with Crippen molar-refractivity contribution in [1.82, 2.24) is 20.1 Å². The number of hydrogen-bond acceptors (Lipinski definition) is 7. The molecule has 0 bridgehead atoms. The Morgan fingerprint density at radius 3 is 2.78 bits per heavy atom. The molecule has 2 fully saturated rings. The van der Waals surface area contributed by atoms with Crippen LogP contribution in [-0.2, 0) is 0 Å². The lowest BCUT2D eigenvalue weighted by molar-refractivity contribution is 0.0714. The smallest absolute Gasteiger partial charge is 0.289 e. The Kier molecular flexibility index (Phi) is 3.57. The first-order chi connectivity index (χ1) is 11.3. The quantitative estimate of drug-likeness (QED) is 0.900. The molecule has 23 heavy (non-hydrogen) atoms. The highest BCUT2D eigenvalue weighted by Crippen LogP contribution is 2.24. The van der Waals surface area contributed by atoms with Crippen molar-refractivity contribution in [3.8, 4) is 0 Å². The van der Waals surface area contributed by atoms with Crippen molar-refractivity contribution in [2.24, 2.45) is 0 Å². The standard InChI is InChI=1S/C15H18N6O2/c22-14(12-2-1-9-23-12)20-5-7-21(8-6-20)15-18-13(10-16-19-15)17-11-3-4-11/h1-2,9-11H,3-8H2,(H,17,18,19). The number of furan rings is 1. The molecule has 0 spiro atoms. The number of rotatable bonds is 4. The molecule has 3 heterocycles. The molecule has 2 aliphatic rings. The Labute approximate surface area is 133 Å². The summed E-state index contributed by atoms with van der Waals surface area (Å²) in [4.78, 5) is 20.6. The lowest BCUT2D eigenvalue weighted by Gasteiger charge is -2.34. The summed E-state index contributed by atoms with van der Waals surface area (Å²) in [6.45, 7) is 2.59. The predicted octanol–water partition coefficient (Wildman–Crippen LogP) is 1.00. The van der Waals surface area contributed by atoms with E-state index in [0.717, 1.165) is 5.82 Å². The van der Waals surface area contributed by atoms with E-state index in [1.807, 2.05) is 0 Å². The molecule has 0 aromatic carbocycles. The van der Waals surface area contributed by atoms with Gasteiger partial charge in [-0.3, -0.25) is 4.79 Å². The molecule has 0 atom stereocenters. The lowest BCUT2D eigenvalue weighted by atomic mass is 10.3. The van der Waals surface area contributed by atoms with Crippen LogP contribution in [0, 0.1) is 0 Å². The molecule has 0 radical (unpaired) electrons. The van der Waals surface area contributed by atoms with Crippen molar-refractivity contribution >= 4 is 17.7 Å². The Morgan fingerprint density at radius 1 is 1.26 bits per heavy atom. The summed E-state index contributed by atoms with van der Waals surface area (Å²) in [5, 5.41) is 11.5. The van der Waals surface area contributed by atoms with Gasteiger partial charge in [-0.25, -0.2) is 0 Å². The summed E-state index contributed by atoms with van der Waals surface area (Å²) in [5.74, 6) is 1.69.